The molecule has 0 atom stereocenters. The van der Waals surface area contributed by atoms with Crippen LogP contribution < -0.4 is 0 Å². The van der Waals surface area contributed by atoms with Crippen LogP contribution in [-0.4, -0.2) is 0 Å². The van der Waals surface area contributed by atoms with Crippen molar-refractivity contribution in [2.75, 3.05) is 0 Å². The van der Waals surface area contributed by atoms with Crippen molar-refractivity contribution in [3.05, 3.63) is 14.4 Å². The fourth-order valence-electron chi connectivity index (χ4n) is 0. The van der Waals surface area contributed by atoms with Crippen molar-refractivity contribution < 1.29 is 27.3 Å². The molecular formula is C5H12Cd. The molecule has 0 aliphatic rings. The van der Waals surface area contributed by atoms with Gasteiger partial charge in [0.15, 0.2) is 0 Å². The van der Waals surface area contributed by atoms with E-state index < -0.39 is 0 Å². The number of hydrogen-bond acceptors (Lipinski definition) is 0. The van der Waals surface area contributed by atoms with E-state index in [2.05, 4.69) is 20.8 Å². The van der Waals surface area contributed by atoms with Gasteiger partial charge in [-0.25, -0.2) is 0 Å². The molecule has 6 heavy (non-hydrogen) atoms. The molecule has 0 amide bonds. The maximum atomic E-state index is 3.64. The first-order valence-corrected chi connectivity index (χ1v) is 1.56. The van der Waals surface area contributed by atoms with Crippen LogP contribution >= 0.6 is 0 Å². The Kier molecular flexibility index (Phi) is 24.5. The zero-order valence-corrected chi connectivity index (χ0v) is 9.03. The van der Waals surface area contributed by atoms with Gasteiger partial charge in [0, 0.05) is 0 Å². The summed E-state index contributed by atoms with van der Waals surface area (Å²) < 4.78 is 0. The second-order valence-corrected chi connectivity index (χ2v) is 1.39. The van der Waals surface area contributed by atoms with Gasteiger partial charge in [0.2, 0.25) is 0 Å². The Hall–Kier alpha value is 0.922. The summed E-state index contributed by atoms with van der Waals surface area (Å²) >= 11 is 0. The molecule has 0 radical (unpaired) electrons. The van der Waals surface area contributed by atoms with Crippen molar-refractivity contribution in [2.45, 2.75) is 13.8 Å². The van der Waals surface area contributed by atoms with E-state index in [0.29, 0.717) is 5.92 Å². The minimum Gasteiger partial charge on any atom is -0.358 e. The van der Waals surface area contributed by atoms with Gasteiger partial charge in [-0.2, -0.15) is 5.92 Å². The molecule has 0 bridgehead atoms. The van der Waals surface area contributed by atoms with Gasteiger partial charge in [-0.1, -0.05) is 13.8 Å². The van der Waals surface area contributed by atoms with Gasteiger partial charge in [-0.05, 0) is 0 Å². The van der Waals surface area contributed by atoms with E-state index >= 15 is 0 Å². The van der Waals surface area contributed by atoms with E-state index in [1.165, 1.54) is 0 Å². The molecule has 0 aromatic heterocycles. The molecule has 0 nitrogen and oxygen atoms in total. The smallest absolute Gasteiger partial charge is 0.358 e. The predicted octanol–water partition coefficient (Wildman–Crippen LogP) is 1.92. The molecule has 0 N–H and O–H groups in total. The Labute approximate surface area is 61.5 Å². The number of rotatable bonds is 0. The zero-order valence-electron chi connectivity index (χ0n) is 4.99. The van der Waals surface area contributed by atoms with Crippen LogP contribution in [0.3, 0.4) is 0 Å². The zero-order chi connectivity index (χ0) is 3.58. The summed E-state index contributed by atoms with van der Waals surface area (Å²) in [6.45, 7) is 7.75. The maximum Gasteiger partial charge on any atom is 2.00 e. The molecule has 0 spiro atoms. The van der Waals surface area contributed by atoms with Crippen LogP contribution in [-0.2, 0) is 27.3 Å². The van der Waals surface area contributed by atoms with Crippen LogP contribution in [0.1, 0.15) is 13.8 Å². The van der Waals surface area contributed by atoms with Crippen LogP contribution in [0.5, 0.6) is 0 Å². The Morgan fingerprint density at radius 1 is 1.33 bits per heavy atom. The third-order valence-corrected chi connectivity index (χ3v) is 0. The van der Waals surface area contributed by atoms with Crippen LogP contribution in [0.15, 0.2) is 0 Å². The number of hydrogen-bond donors (Lipinski definition) is 0. The fourth-order valence-corrected chi connectivity index (χ4v) is 0. The van der Waals surface area contributed by atoms with Crippen molar-refractivity contribution in [1.82, 2.24) is 0 Å². The van der Waals surface area contributed by atoms with E-state index in [4.69, 9.17) is 0 Å². The molecule has 0 unspecified atom stereocenters. The Balaban J connectivity index is -0.0000000450. The first kappa shape index (κ1) is 15.8. The second kappa shape index (κ2) is 9.33. The largest absolute Gasteiger partial charge is 2.00 e. The topological polar surface area (TPSA) is 0 Å². The Morgan fingerprint density at radius 2 is 1.33 bits per heavy atom. The molecule has 0 fully saturated rings. The fraction of sp³-hybridized carbons (Fsp3) is 0.600. The summed E-state index contributed by atoms with van der Waals surface area (Å²) in [5.41, 5.74) is 0. The summed E-state index contributed by atoms with van der Waals surface area (Å²) in [5.74, 6) is 0.583. The van der Waals surface area contributed by atoms with Gasteiger partial charge in [0.1, 0.15) is 0 Å². The van der Waals surface area contributed by atoms with E-state index in [9.17, 15) is 0 Å². The average molecular weight is 185 g/mol. The first-order valence-electron chi connectivity index (χ1n) is 1.56. The molecule has 1 heteroatoms. The normalized spacial score (nSPS) is 6.00. The van der Waals surface area contributed by atoms with Crippen molar-refractivity contribution >= 4 is 0 Å². The Bertz CT molecular complexity index is 8.66. The average Bonchev–Trinajstić information content (AvgIpc) is 0.811. The molecular weight excluding hydrogens is 172 g/mol. The molecule has 0 rings (SSSR count). The molecule has 0 saturated carbocycles. The molecule has 0 saturated heterocycles. The third-order valence-electron chi connectivity index (χ3n) is 0. The van der Waals surface area contributed by atoms with Crippen LogP contribution in [0.2, 0.25) is 0 Å². The quantitative estimate of drug-likeness (QED) is 0.399. The van der Waals surface area contributed by atoms with Gasteiger partial charge in [0.25, 0.3) is 0 Å². The summed E-state index contributed by atoms with van der Waals surface area (Å²) in [4.78, 5) is 0. The molecule has 0 heterocycles. The van der Waals surface area contributed by atoms with Gasteiger partial charge in [0.05, 0.1) is 0 Å². The van der Waals surface area contributed by atoms with Crippen molar-refractivity contribution in [3.8, 4) is 0 Å². The Morgan fingerprint density at radius 3 is 1.33 bits per heavy atom. The third kappa shape index (κ3) is 89.1. The predicted molar refractivity (Wildman–Crippen MR) is 26.6 cm³/mol. The van der Waals surface area contributed by atoms with E-state index in [1.54, 1.807) is 0 Å². The summed E-state index contributed by atoms with van der Waals surface area (Å²) in [5, 5.41) is 0. The van der Waals surface area contributed by atoms with Crippen LogP contribution in [0.4, 0.5) is 0 Å². The van der Waals surface area contributed by atoms with Crippen molar-refractivity contribution in [3.63, 3.8) is 0 Å². The SMILES string of the molecule is [CH2-]C(C)C.[CH3-].[Cd+2]. The summed E-state index contributed by atoms with van der Waals surface area (Å²) in [6.07, 6.45) is 0. The molecule has 0 aliphatic carbocycles. The monoisotopic (exact) mass is 186 g/mol. The van der Waals surface area contributed by atoms with Crippen LogP contribution in [0.25, 0.3) is 0 Å². The van der Waals surface area contributed by atoms with Gasteiger partial charge in [-0.15, -0.1) is 0 Å². The van der Waals surface area contributed by atoms with Gasteiger partial charge in [-0.3, -0.25) is 0 Å². The molecule has 0 aromatic carbocycles. The van der Waals surface area contributed by atoms with E-state index in [0.717, 1.165) is 0 Å². The molecule has 0 aromatic rings. The standard InChI is InChI=1S/C4H9.CH3.Cd/c1-4(2)3;;/h4H,1H2,2-3H3;1H3;/q2*-1;+2. The van der Waals surface area contributed by atoms with Crippen molar-refractivity contribution in [1.29, 1.82) is 0 Å². The first-order chi connectivity index (χ1) is 1.73. The van der Waals surface area contributed by atoms with E-state index in [1.807, 2.05) is 0 Å². The minimum atomic E-state index is 0. The van der Waals surface area contributed by atoms with E-state index in [-0.39, 0.29) is 34.7 Å². The summed E-state index contributed by atoms with van der Waals surface area (Å²) in [6, 6.07) is 0. The van der Waals surface area contributed by atoms with Gasteiger partial charge < -0.3 is 14.4 Å². The minimum absolute atomic E-state index is 0. The van der Waals surface area contributed by atoms with Gasteiger partial charge >= 0.3 is 27.3 Å². The summed E-state index contributed by atoms with van der Waals surface area (Å²) in [7, 11) is 0. The second-order valence-electron chi connectivity index (χ2n) is 1.39. The maximum absolute atomic E-state index is 3.64. The molecule has 34 valence electrons. The molecule has 0 aliphatic heterocycles. The van der Waals surface area contributed by atoms with Crippen LogP contribution in [0, 0.1) is 20.3 Å². The van der Waals surface area contributed by atoms with Crippen molar-refractivity contribution in [2.24, 2.45) is 5.92 Å².